The van der Waals surface area contributed by atoms with Gasteiger partial charge in [0.1, 0.15) is 5.75 Å². The third kappa shape index (κ3) is 5.71. The molecule has 0 radical (unpaired) electrons. The molecule has 0 spiro atoms. The second-order valence-corrected chi connectivity index (χ2v) is 6.26. The van der Waals surface area contributed by atoms with Crippen molar-refractivity contribution in [2.45, 2.75) is 27.3 Å². The smallest absolute Gasteiger partial charge is 0.248 e. The van der Waals surface area contributed by atoms with E-state index in [1.54, 1.807) is 25.0 Å². The van der Waals surface area contributed by atoms with Crippen LogP contribution in [0.2, 0.25) is 0 Å². The number of hydrogen-bond acceptors (Lipinski definition) is 3. The Morgan fingerprint density at radius 2 is 1.93 bits per heavy atom. The van der Waals surface area contributed by atoms with Gasteiger partial charge in [0.15, 0.2) is 0 Å². The first-order chi connectivity index (χ1) is 12.9. The molecule has 0 saturated carbocycles. The van der Waals surface area contributed by atoms with Gasteiger partial charge < -0.3 is 15.0 Å². The zero-order valence-corrected chi connectivity index (χ0v) is 16.3. The van der Waals surface area contributed by atoms with E-state index >= 15 is 0 Å². The predicted molar refractivity (Wildman–Crippen MR) is 109 cm³/mol. The first-order valence-corrected chi connectivity index (χ1v) is 8.91. The van der Waals surface area contributed by atoms with Crippen molar-refractivity contribution in [2.75, 3.05) is 19.0 Å². The molecular weight excluding hydrogens is 340 g/mol. The lowest BCUT2D eigenvalue weighted by Crippen LogP contribution is -2.28. The lowest BCUT2D eigenvalue weighted by Gasteiger charge is -2.20. The minimum Gasteiger partial charge on any atom is -0.496 e. The van der Waals surface area contributed by atoms with Gasteiger partial charge in [0.05, 0.1) is 7.11 Å². The molecule has 0 aromatic heterocycles. The molecule has 0 atom stereocenters. The van der Waals surface area contributed by atoms with Gasteiger partial charge in [-0.05, 0) is 43.7 Å². The van der Waals surface area contributed by atoms with E-state index in [0.717, 1.165) is 16.7 Å². The molecule has 0 fully saturated rings. The van der Waals surface area contributed by atoms with E-state index in [4.69, 9.17) is 4.74 Å². The standard InChI is InChI=1S/C22H26N2O3/c1-5-24(17(3)25)15-19-8-6-7-9-20(19)23-22(26)13-11-18-14-16(2)10-12-21(18)27-4/h6-14H,5,15H2,1-4H3,(H,23,26)/b13-11+. The zero-order chi connectivity index (χ0) is 19.8. The molecule has 0 aliphatic heterocycles. The molecule has 142 valence electrons. The summed E-state index contributed by atoms with van der Waals surface area (Å²) in [6.07, 6.45) is 3.22. The van der Waals surface area contributed by atoms with E-state index in [2.05, 4.69) is 5.32 Å². The summed E-state index contributed by atoms with van der Waals surface area (Å²) in [6, 6.07) is 13.3. The number of aryl methyl sites for hydroxylation is 1. The summed E-state index contributed by atoms with van der Waals surface area (Å²) >= 11 is 0. The van der Waals surface area contributed by atoms with E-state index in [0.29, 0.717) is 24.5 Å². The molecule has 27 heavy (non-hydrogen) atoms. The minimum atomic E-state index is -0.239. The first-order valence-electron chi connectivity index (χ1n) is 8.91. The predicted octanol–water partition coefficient (Wildman–Crippen LogP) is 4.02. The van der Waals surface area contributed by atoms with E-state index in [9.17, 15) is 9.59 Å². The Balaban J connectivity index is 2.15. The molecule has 0 unspecified atom stereocenters. The van der Waals surface area contributed by atoms with Crippen molar-refractivity contribution < 1.29 is 14.3 Å². The normalized spacial score (nSPS) is 10.7. The van der Waals surface area contributed by atoms with Crippen molar-refractivity contribution in [3.63, 3.8) is 0 Å². The van der Waals surface area contributed by atoms with Crippen LogP contribution in [-0.2, 0) is 16.1 Å². The number of methoxy groups -OCH3 is 1. The van der Waals surface area contributed by atoms with Gasteiger partial charge in [0.25, 0.3) is 0 Å². The number of carbonyl (C=O) groups is 2. The van der Waals surface area contributed by atoms with Crippen molar-refractivity contribution in [3.8, 4) is 5.75 Å². The van der Waals surface area contributed by atoms with Gasteiger partial charge in [-0.1, -0.05) is 29.8 Å². The molecule has 1 N–H and O–H groups in total. The van der Waals surface area contributed by atoms with Crippen molar-refractivity contribution in [3.05, 3.63) is 65.2 Å². The molecule has 0 aliphatic carbocycles. The molecule has 2 rings (SSSR count). The summed E-state index contributed by atoms with van der Waals surface area (Å²) in [5, 5.41) is 2.90. The Morgan fingerprint density at radius 3 is 2.59 bits per heavy atom. The summed E-state index contributed by atoms with van der Waals surface area (Å²) < 4.78 is 5.33. The molecule has 0 bridgehead atoms. The van der Waals surface area contributed by atoms with E-state index in [1.807, 2.05) is 56.3 Å². The average molecular weight is 366 g/mol. The Hall–Kier alpha value is -3.08. The number of anilines is 1. The van der Waals surface area contributed by atoms with Crippen LogP contribution in [0.4, 0.5) is 5.69 Å². The monoisotopic (exact) mass is 366 g/mol. The van der Waals surface area contributed by atoms with Crippen LogP contribution in [0.25, 0.3) is 6.08 Å². The maximum atomic E-state index is 12.4. The number of para-hydroxylation sites is 1. The number of benzene rings is 2. The highest BCUT2D eigenvalue weighted by molar-refractivity contribution is 6.02. The van der Waals surface area contributed by atoms with Crippen LogP contribution < -0.4 is 10.1 Å². The lowest BCUT2D eigenvalue weighted by molar-refractivity contribution is -0.129. The van der Waals surface area contributed by atoms with Crippen LogP contribution in [0, 0.1) is 6.92 Å². The third-order valence-electron chi connectivity index (χ3n) is 4.26. The highest BCUT2D eigenvalue weighted by atomic mass is 16.5. The molecule has 5 nitrogen and oxygen atoms in total. The number of carbonyl (C=O) groups excluding carboxylic acids is 2. The van der Waals surface area contributed by atoms with Crippen LogP contribution in [-0.4, -0.2) is 30.4 Å². The topological polar surface area (TPSA) is 58.6 Å². The van der Waals surface area contributed by atoms with Crippen LogP contribution >= 0.6 is 0 Å². The Labute approximate surface area is 160 Å². The fourth-order valence-corrected chi connectivity index (χ4v) is 2.76. The van der Waals surface area contributed by atoms with Crippen molar-refractivity contribution in [1.29, 1.82) is 0 Å². The highest BCUT2D eigenvalue weighted by Crippen LogP contribution is 2.21. The number of rotatable bonds is 7. The summed E-state index contributed by atoms with van der Waals surface area (Å²) in [4.78, 5) is 25.8. The summed E-state index contributed by atoms with van der Waals surface area (Å²) in [5.74, 6) is 0.479. The Kier molecular flexibility index (Phi) is 7.17. The van der Waals surface area contributed by atoms with E-state index in [1.165, 1.54) is 6.08 Å². The molecule has 0 heterocycles. The van der Waals surface area contributed by atoms with Crippen LogP contribution in [0.15, 0.2) is 48.5 Å². The Morgan fingerprint density at radius 1 is 1.19 bits per heavy atom. The molecule has 0 saturated heterocycles. The second kappa shape index (κ2) is 9.57. The fourth-order valence-electron chi connectivity index (χ4n) is 2.76. The molecule has 2 amide bonds. The number of hydrogen-bond donors (Lipinski definition) is 1. The number of amides is 2. The molecular formula is C22H26N2O3. The second-order valence-electron chi connectivity index (χ2n) is 6.26. The number of nitrogens with zero attached hydrogens (tertiary/aromatic N) is 1. The molecule has 2 aromatic rings. The minimum absolute atomic E-state index is 0.00469. The van der Waals surface area contributed by atoms with Gasteiger partial charge in [-0.3, -0.25) is 9.59 Å². The van der Waals surface area contributed by atoms with E-state index < -0.39 is 0 Å². The lowest BCUT2D eigenvalue weighted by atomic mass is 10.1. The zero-order valence-electron chi connectivity index (χ0n) is 16.3. The van der Waals surface area contributed by atoms with Crippen LogP contribution in [0.5, 0.6) is 5.75 Å². The van der Waals surface area contributed by atoms with Gasteiger partial charge >= 0.3 is 0 Å². The third-order valence-corrected chi connectivity index (χ3v) is 4.26. The fraction of sp³-hybridized carbons (Fsp3) is 0.273. The van der Waals surface area contributed by atoms with Crippen LogP contribution in [0.1, 0.15) is 30.5 Å². The number of ether oxygens (including phenoxy) is 1. The Bertz CT molecular complexity index is 843. The SMILES string of the molecule is CCN(Cc1ccccc1NC(=O)/C=C/c1cc(C)ccc1OC)C(C)=O. The molecule has 0 aliphatic rings. The number of nitrogens with one attached hydrogen (secondary N) is 1. The summed E-state index contributed by atoms with van der Waals surface area (Å²) in [6.45, 7) is 6.53. The first kappa shape index (κ1) is 20.2. The van der Waals surface area contributed by atoms with E-state index in [-0.39, 0.29) is 11.8 Å². The summed E-state index contributed by atoms with van der Waals surface area (Å²) in [7, 11) is 1.60. The van der Waals surface area contributed by atoms with Crippen molar-refractivity contribution in [1.82, 2.24) is 4.90 Å². The molecule has 5 heteroatoms. The van der Waals surface area contributed by atoms with Crippen molar-refractivity contribution in [2.24, 2.45) is 0 Å². The maximum absolute atomic E-state index is 12.4. The highest BCUT2D eigenvalue weighted by Gasteiger charge is 2.11. The maximum Gasteiger partial charge on any atom is 0.248 e. The summed E-state index contributed by atoms with van der Waals surface area (Å²) in [5.41, 5.74) is 3.52. The van der Waals surface area contributed by atoms with Crippen LogP contribution in [0.3, 0.4) is 0 Å². The van der Waals surface area contributed by atoms with Crippen molar-refractivity contribution >= 4 is 23.6 Å². The van der Waals surface area contributed by atoms with Gasteiger partial charge in [-0.25, -0.2) is 0 Å². The largest absolute Gasteiger partial charge is 0.496 e. The van der Waals surface area contributed by atoms with Gasteiger partial charge in [0, 0.05) is 37.3 Å². The quantitative estimate of drug-likeness (QED) is 0.753. The average Bonchev–Trinajstić information content (AvgIpc) is 2.65. The van der Waals surface area contributed by atoms with Gasteiger partial charge in [-0.2, -0.15) is 0 Å². The van der Waals surface area contributed by atoms with Gasteiger partial charge in [-0.15, -0.1) is 0 Å². The molecule has 2 aromatic carbocycles. The van der Waals surface area contributed by atoms with Gasteiger partial charge in [0.2, 0.25) is 11.8 Å².